The normalized spacial score (nSPS) is 23.9. The van der Waals surface area contributed by atoms with Gasteiger partial charge >= 0.3 is 0 Å². The highest BCUT2D eigenvalue weighted by atomic mass is 16.1. The summed E-state index contributed by atoms with van der Waals surface area (Å²) in [4.78, 5) is 14.9. The van der Waals surface area contributed by atoms with Gasteiger partial charge in [0.05, 0.1) is 5.41 Å². The molecular formula is C32H24O. The van der Waals surface area contributed by atoms with E-state index in [9.17, 15) is 4.79 Å². The monoisotopic (exact) mass is 424 g/mol. The zero-order chi connectivity index (χ0) is 22.5. The molecule has 0 saturated heterocycles. The standard InChI is InChI=1S/C32H24O/c1-23-22-31(26-18-10-4-11-19-26)28(24-14-6-2-7-15-24)29(25-16-8-3-9-17-25)32(23,30(31)33)27-20-12-5-13-21-27/h2-21H,1,22H2/t31-,32-/m1/s1. The molecule has 2 aliphatic rings. The maximum Gasteiger partial charge on any atom is 0.167 e. The molecule has 1 nitrogen and oxygen atoms in total. The first-order chi connectivity index (χ1) is 16.2. The van der Waals surface area contributed by atoms with E-state index in [1.807, 2.05) is 48.5 Å². The van der Waals surface area contributed by atoms with Crippen molar-refractivity contribution in [3.63, 3.8) is 0 Å². The van der Waals surface area contributed by atoms with Crippen LogP contribution in [0.5, 0.6) is 0 Å². The Morgan fingerprint density at radius 2 is 0.970 bits per heavy atom. The maximum atomic E-state index is 14.9. The average Bonchev–Trinajstić information content (AvgIpc) is 3.26. The van der Waals surface area contributed by atoms with E-state index in [0.29, 0.717) is 6.42 Å². The molecule has 0 unspecified atom stereocenters. The Morgan fingerprint density at radius 3 is 1.48 bits per heavy atom. The van der Waals surface area contributed by atoms with Gasteiger partial charge in [-0.05, 0) is 39.8 Å². The van der Waals surface area contributed by atoms with Crippen molar-refractivity contribution >= 4 is 16.9 Å². The van der Waals surface area contributed by atoms with Crippen molar-refractivity contribution in [1.82, 2.24) is 0 Å². The third-order valence-corrected chi connectivity index (χ3v) is 7.39. The SMILES string of the molecule is C=C1C[C@]2(c3ccccc3)C(=O)[C@]1(c1ccccc1)C(c1ccccc1)=C2c1ccccc1. The summed E-state index contributed by atoms with van der Waals surface area (Å²) in [6.07, 6.45) is 0.616. The lowest BCUT2D eigenvalue weighted by molar-refractivity contribution is -0.122. The summed E-state index contributed by atoms with van der Waals surface area (Å²) in [5, 5.41) is 0. The smallest absolute Gasteiger partial charge is 0.167 e. The molecule has 6 rings (SSSR count). The van der Waals surface area contributed by atoms with Gasteiger partial charge in [0.15, 0.2) is 5.78 Å². The Labute approximate surface area is 194 Å². The molecule has 4 aromatic rings. The van der Waals surface area contributed by atoms with Gasteiger partial charge in [-0.1, -0.05) is 133 Å². The number of rotatable bonds is 4. The Balaban J connectivity index is 1.81. The second-order valence-corrected chi connectivity index (χ2v) is 8.98. The summed E-state index contributed by atoms with van der Waals surface area (Å²) in [7, 11) is 0. The van der Waals surface area contributed by atoms with Crippen LogP contribution in [-0.2, 0) is 15.6 Å². The van der Waals surface area contributed by atoms with Crippen molar-refractivity contribution in [2.45, 2.75) is 17.3 Å². The number of ketones is 1. The van der Waals surface area contributed by atoms with E-state index in [1.165, 1.54) is 0 Å². The first-order valence-electron chi connectivity index (χ1n) is 11.4. The van der Waals surface area contributed by atoms with Crippen molar-refractivity contribution in [2.75, 3.05) is 0 Å². The molecule has 1 saturated carbocycles. The van der Waals surface area contributed by atoms with Gasteiger partial charge < -0.3 is 0 Å². The molecule has 0 spiro atoms. The van der Waals surface area contributed by atoms with E-state index in [-0.39, 0.29) is 5.78 Å². The Morgan fingerprint density at radius 1 is 0.545 bits per heavy atom. The third kappa shape index (κ3) is 2.51. The Kier molecular flexibility index (Phi) is 4.35. The minimum absolute atomic E-state index is 0.218. The van der Waals surface area contributed by atoms with Crippen LogP contribution in [0.2, 0.25) is 0 Å². The summed E-state index contributed by atoms with van der Waals surface area (Å²) in [5.41, 5.74) is 5.74. The van der Waals surface area contributed by atoms with E-state index in [4.69, 9.17) is 0 Å². The molecular weight excluding hydrogens is 400 g/mol. The minimum Gasteiger partial charge on any atom is -0.297 e. The van der Waals surface area contributed by atoms with E-state index in [1.54, 1.807) is 0 Å². The van der Waals surface area contributed by atoms with Crippen molar-refractivity contribution < 1.29 is 4.79 Å². The molecule has 2 bridgehead atoms. The van der Waals surface area contributed by atoms with Crippen molar-refractivity contribution in [2.24, 2.45) is 0 Å². The second kappa shape index (κ2) is 7.28. The molecule has 1 fully saturated rings. The molecule has 0 aromatic heterocycles. The molecule has 0 amide bonds. The molecule has 2 aliphatic carbocycles. The van der Waals surface area contributed by atoms with Crippen LogP contribution in [0.1, 0.15) is 28.7 Å². The summed E-state index contributed by atoms with van der Waals surface area (Å²) in [6, 6.07) is 41.3. The zero-order valence-corrected chi connectivity index (χ0v) is 18.4. The van der Waals surface area contributed by atoms with Crippen LogP contribution in [0.15, 0.2) is 133 Å². The number of Topliss-reactive ketones (excluding diaryl/α,β-unsaturated/α-hetero) is 1. The molecule has 2 atom stereocenters. The van der Waals surface area contributed by atoms with E-state index in [2.05, 4.69) is 79.4 Å². The summed E-state index contributed by atoms with van der Waals surface area (Å²) >= 11 is 0. The number of carbonyl (C=O) groups excluding carboxylic acids is 1. The van der Waals surface area contributed by atoms with Crippen molar-refractivity contribution in [1.29, 1.82) is 0 Å². The number of fused-ring (bicyclic) bond motifs is 2. The van der Waals surface area contributed by atoms with Gasteiger partial charge in [0, 0.05) is 0 Å². The lowest BCUT2D eigenvalue weighted by Crippen LogP contribution is -2.36. The molecule has 0 aliphatic heterocycles. The summed E-state index contributed by atoms with van der Waals surface area (Å²) in [5.74, 6) is 0.218. The number of carbonyl (C=O) groups is 1. The number of benzene rings is 4. The highest BCUT2D eigenvalue weighted by Gasteiger charge is 2.69. The van der Waals surface area contributed by atoms with Crippen LogP contribution in [0, 0.1) is 0 Å². The fourth-order valence-electron chi connectivity index (χ4n) is 6.14. The molecule has 158 valence electrons. The molecule has 33 heavy (non-hydrogen) atoms. The fourth-order valence-corrected chi connectivity index (χ4v) is 6.14. The van der Waals surface area contributed by atoms with Gasteiger partial charge in [0.25, 0.3) is 0 Å². The van der Waals surface area contributed by atoms with Gasteiger partial charge in [0.1, 0.15) is 5.41 Å². The van der Waals surface area contributed by atoms with Gasteiger partial charge in [-0.2, -0.15) is 0 Å². The van der Waals surface area contributed by atoms with Gasteiger partial charge in [-0.15, -0.1) is 0 Å². The molecule has 0 radical (unpaired) electrons. The van der Waals surface area contributed by atoms with E-state index in [0.717, 1.165) is 39.0 Å². The predicted octanol–water partition coefficient (Wildman–Crippen LogP) is 7.02. The third-order valence-electron chi connectivity index (χ3n) is 7.39. The zero-order valence-electron chi connectivity index (χ0n) is 18.4. The predicted molar refractivity (Wildman–Crippen MR) is 135 cm³/mol. The van der Waals surface area contributed by atoms with Crippen LogP contribution in [0.25, 0.3) is 11.1 Å². The highest BCUT2D eigenvalue weighted by Crippen LogP contribution is 2.69. The second-order valence-electron chi connectivity index (χ2n) is 8.98. The lowest BCUT2D eigenvalue weighted by Gasteiger charge is -2.35. The van der Waals surface area contributed by atoms with Crippen molar-refractivity contribution in [3.05, 3.63) is 156 Å². The van der Waals surface area contributed by atoms with Crippen LogP contribution in [0.4, 0.5) is 0 Å². The number of allylic oxidation sites excluding steroid dienone is 3. The Hall–Kier alpha value is -3.97. The average molecular weight is 425 g/mol. The quantitative estimate of drug-likeness (QED) is 0.322. The van der Waals surface area contributed by atoms with Gasteiger partial charge in [0.2, 0.25) is 0 Å². The Bertz CT molecular complexity index is 1380. The first-order valence-corrected chi connectivity index (χ1v) is 11.4. The van der Waals surface area contributed by atoms with Crippen molar-refractivity contribution in [3.8, 4) is 0 Å². The lowest BCUT2D eigenvalue weighted by atomic mass is 9.66. The summed E-state index contributed by atoms with van der Waals surface area (Å²) in [6.45, 7) is 4.56. The topological polar surface area (TPSA) is 17.1 Å². The van der Waals surface area contributed by atoms with Crippen LogP contribution >= 0.6 is 0 Å². The molecule has 0 N–H and O–H groups in total. The first kappa shape index (κ1) is 19.7. The molecule has 4 aromatic carbocycles. The molecule has 1 heteroatoms. The largest absolute Gasteiger partial charge is 0.297 e. The van der Waals surface area contributed by atoms with Crippen LogP contribution in [-0.4, -0.2) is 5.78 Å². The highest BCUT2D eigenvalue weighted by molar-refractivity contribution is 6.31. The van der Waals surface area contributed by atoms with Gasteiger partial charge in [-0.25, -0.2) is 0 Å². The van der Waals surface area contributed by atoms with E-state index < -0.39 is 10.8 Å². The van der Waals surface area contributed by atoms with Gasteiger partial charge in [-0.3, -0.25) is 4.79 Å². The summed E-state index contributed by atoms with van der Waals surface area (Å²) < 4.78 is 0. The maximum absolute atomic E-state index is 14.9. The molecule has 0 heterocycles. The minimum atomic E-state index is -0.871. The number of hydrogen-bond acceptors (Lipinski definition) is 1. The van der Waals surface area contributed by atoms with Crippen LogP contribution in [0.3, 0.4) is 0 Å². The number of hydrogen-bond donors (Lipinski definition) is 0. The van der Waals surface area contributed by atoms with E-state index >= 15 is 0 Å². The fraction of sp³-hybridized carbons (Fsp3) is 0.0938. The van der Waals surface area contributed by atoms with Crippen LogP contribution < -0.4 is 0 Å².